The lowest BCUT2D eigenvalue weighted by Crippen LogP contribution is -2.38. The van der Waals surface area contributed by atoms with Gasteiger partial charge in [0, 0.05) is 12.2 Å². The minimum absolute atomic E-state index is 0.0574. The normalized spacial score (nSPS) is 20.1. The van der Waals surface area contributed by atoms with Crippen LogP contribution >= 0.6 is 0 Å². The maximum absolute atomic E-state index is 11.7. The number of hydrogen-bond donors (Lipinski definition) is 1. The van der Waals surface area contributed by atoms with Crippen LogP contribution in [0.5, 0.6) is 0 Å². The Balaban J connectivity index is 2.26. The lowest BCUT2D eigenvalue weighted by atomic mass is 9.87. The molecule has 1 fully saturated rings. The molecule has 0 saturated carbocycles. The van der Waals surface area contributed by atoms with Crippen LogP contribution in [-0.4, -0.2) is 25.3 Å². The van der Waals surface area contributed by atoms with Crippen molar-refractivity contribution >= 4 is 11.8 Å². The van der Waals surface area contributed by atoms with E-state index in [1.165, 1.54) is 5.56 Å². The van der Waals surface area contributed by atoms with Crippen LogP contribution in [0.3, 0.4) is 0 Å². The second kappa shape index (κ2) is 4.61. The van der Waals surface area contributed by atoms with Crippen LogP contribution in [0.1, 0.15) is 26.3 Å². The van der Waals surface area contributed by atoms with Gasteiger partial charge in [-0.3, -0.25) is 4.90 Å². The molecule has 2 rings (SSSR count). The van der Waals surface area contributed by atoms with E-state index in [4.69, 9.17) is 10.5 Å². The predicted octanol–water partition coefficient (Wildman–Crippen LogP) is 2.27. The van der Waals surface area contributed by atoms with Crippen molar-refractivity contribution < 1.29 is 9.53 Å². The number of amides is 1. The summed E-state index contributed by atoms with van der Waals surface area (Å²) in [6.45, 7) is 7.27. The first-order valence-electron chi connectivity index (χ1n) is 6.20. The second-order valence-electron chi connectivity index (χ2n) is 5.63. The van der Waals surface area contributed by atoms with Crippen LogP contribution in [0.15, 0.2) is 24.3 Å². The Labute approximate surface area is 108 Å². The largest absolute Gasteiger partial charge is 0.447 e. The van der Waals surface area contributed by atoms with Gasteiger partial charge < -0.3 is 10.5 Å². The van der Waals surface area contributed by atoms with Crippen molar-refractivity contribution in [3.8, 4) is 0 Å². The number of hydrogen-bond acceptors (Lipinski definition) is 3. The molecule has 0 bridgehead atoms. The summed E-state index contributed by atoms with van der Waals surface area (Å²) in [5, 5.41) is 0. The molecule has 18 heavy (non-hydrogen) atoms. The topological polar surface area (TPSA) is 55.6 Å². The molecule has 1 saturated heterocycles. The van der Waals surface area contributed by atoms with Gasteiger partial charge in [-0.1, -0.05) is 32.9 Å². The van der Waals surface area contributed by atoms with E-state index in [-0.39, 0.29) is 17.6 Å². The molecule has 98 valence electrons. The lowest BCUT2D eigenvalue weighted by Gasteiger charge is -2.23. The first kappa shape index (κ1) is 12.9. The van der Waals surface area contributed by atoms with E-state index < -0.39 is 0 Å². The number of benzene rings is 1. The molecule has 2 N–H and O–H groups in total. The van der Waals surface area contributed by atoms with Gasteiger partial charge in [0.1, 0.15) is 6.61 Å². The van der Waals surface area contributed by atoms with Gasteiger partial charge in [-0.05, 0) is 23.1 Å². The van der Waals surface area contributed by atoms with Crippen molar-refractivity contribution in [3.05, 3.63) is 29.8 Å². The first-order valence-corrected chi connectivity index (χ1v) is 6.20. The highest BCUT2D eigenvalue weighted by Gasteiger charge is 2.33. The number of nitrogens with zero attached hydrogens (tertiary/aromatic N) is 1. The number of cyclic esters (lactones) is 1. The third kappa shape index (κ3) is 2.34. The highest BCUT2D eigenvalue weighted by atomic mass is 16.6. The zero-order chi connectivity index (χ0) is 13.3. The zero-order valence-corrected chi connectivity index (χ0v) is 11.1. The summed E-state index contributed by atoms with van der Waals surface area (Å²) in [6.07, 6.45) is -0.311. The molecule has 4 nitrogen and oxygen atoms in total. The Morgan fingerprint density at radius 2 is 1.94 bits per heavy atom. The standard InChI is InChI=1S/C14H20N2O2/c1-14(2,3)10-4-6-11(7-5-10)16-12(8-15)9-18-13(16)17/h4-7,12H,8-9,15H2,1-3H3. The second-order valence-corrected chi connectivity index (χ2v) is 5.63. The minimum Gasteiger partial charge on any atom is -0.447 e. The molecule has 1 amide bonds. The summed E-state index contributed by atoms with van der Waals surface area (Å²) in [6, 6.07) is 7.95. The number of anilines is 1. The summed E-state index contributed by atoms with van der Waals surface area (Å²) < 4.78 is 5.03. The van der Waals surface area contributed by atoms with Crippen molar-refractivity contribution in [1.29, 1.82) is 0 Å². The highest BCUT2D eigenvalue weighted by Crippen LogP contribution is 2.27. The molecule has 0 aliphatic carbocycles. The Morgan fingerprint density at radius 1 is 1.33 bits per heavy atom. The van der Waals surface area contributed by atoms with Crippen molar-refractivity contribution in [2.75, 3.05) is 18.1 Å². The Bertz CT molecular complexity index is 434. The SMILES string of the molecule is CC(C)(C)c1ccc(N2C(=O)OCC2CN)cc1. The van der Waals surface area contributed by atoms with Crippen molar-refractivity contribution in [2.24, 2.45) is 5.73 Å². The van der Waals surface area contributed by atoms with Crippen LogP contribution in [0, 0.1) is 0 Å². The van der Waals surface area contributed by atoms with Crippen LogP contribution in [0.2, 0.25) is 0 Å². The molecule has 0 spiro atoms. The van der Waals surface area contributed by atoms with Crippen LogP contribution in [0.4, 0.5) is 10.5 Å². The number of carbonyl (C=O) groups is 1. The molecular weight excluding hydrogens is 228 g/mol. The van der Waals surface area contributed by atoms with Crippen LogP contribution < -0.4 is 10.6 Å². The van der Waals surface area contributed by atoms with Crippen molar-refractivity contribution in [1.82, 2.24) is 0 Å². The molecule has 1 aromatic carbocycles. The van der Waals surface area contributed by atoms with Gasteiger partial charge in [0.2, 0.25) is 0 Å². The fraction of sp³-hybridized carbons (Fsp3) is 0.500. The third-order valence-corrected chi connectivity index (χ3v) is 3.24. The number of nitrogens with two attached hydrogens (primary N) is 1. The van der Waals surface area contributed by atoms with E-state index in [0.29, 0.717) is 13.2 Å². The smallest absolute Gasteiger partial charge is 0.414 e. The zero-order valence-electron chi connectivity index (χ0n) is 11.1. The van der Waals surface area contributed by atoms with Gasteiger partial charge >= 0.3 is 6.09 Å². The maximum Gasteiger partial charge on any atom is 0.414 e. The molecule has 1 unspecified atom stereocenters. The molecule has 1 atom stereocenters. The Hall–Kier alpha value is -1.55. The summed E-state index contributed by atoms with van der Waals surface area (Å²) in [4.78, 5) is 13.3. The molecule has 0 radical (unpaired) electrons. The van der Waals surface area contributed by atoms with Crippen molar-refractivity contribution in [3.63, 3.8) is 0 Å². The quantitative estimate of drug-likeness (QED) is 0.873. The number of rotatable bonds is 2. The fourth-order valence-electron chi connectivity index (χ4n) is 2.07. The highest BCUT2D eigenvalue weighted by molar-refractivity contribution is 5.90. The van der Waals surface area contributed by atoms with E-state index in [0.717, 1.165) is 5.69 Å². The summed E-state index contributed by atoms with van der Waals surface area (Å²) in [5.74, 6) is 0. The minimum atomic E-state index is -0.311. The Kier molecular flexibility index (Phi) is 3.30. The van der Waals surface area contributed by atoms with Gasteiger partial charge in [0.15, 0.2) is 0 Å². The average molecular weight is 248 g/mol. The van der Waals surface area contributed by atoms with Crippen LogP contribution in [0.25, 0.3) is 0 Å². The summed E-state index contributed by atoms with van der Waals surface area (Å²) >= 11 is 0. The van der Waals surface area contributed by atoms with Crippen molar-refractivity contribution in [2.45, 2.75) is 32.2 Å². The molecule has 1 heterocycles. The van der Waals surface area contributed by atoms with E-state index >= 15 is 0 Å². The van der Waals surface area contributed by atoms with Crippen LogP contribution in [-0.2, 0) is 10.2 Å². The molecule has 1 aromatic rings. The molecular formula is C14H20N2O2. The first-order chi connectivity index (χ1) is 8.43. The van der Waals surface area contributed by atoms with E-state index in [9.17, 15) is 4.79 Å². The van der Waals surface area contributed by atoms with E-state index in [1.807, 2.05) is 12.1 Å². The predicted molar refractivity (Wildman–Crippen MR) is 71.8 cm³/mol. The van der Waals surface area contributed by atoms with Gasteiger partial charge in [-0.25, -0.2) is 4.79 Å². The Morgan fingerprint density at radius 3 is 2.44 bits per heavy atom. The third-order valence-electron chi connectivity index (χ3n) is 3.24. The van der Waals surface area contributed by atoms with Gasteiger partial charge in [-0.2, -0.15) is 0 Å². The molecule has 4 heteroatoms. The fourth-order valence-corrected chi connectivity index (χ4v) is 2.07. The van der Waals surface area contributed by atoms with Gasteiger partial charge in [0.25, 0.3) is 0 Å². The summed E-state index contributed by atoms with van der Waals surface area (Å²) in [5.41, 5.74) is 7.84. The molecule has 0 aromatic heterocycles. The maximum atomic E-state index is 11.7. The number of carbonyl (C=O) groups excluding carboxylic acids is 1. The van der Waals surface area contributed by atoms with E-state index in [1.54, 1.807) is 4.90 Å². The molecule has 1 aliphatic rings. The van der Waals surface area contributed by atoms with Gasteiger partial charge in [0.05, 0.1) is 6.04 Å². The monoisotopic (exact) mass is 248 g/mol. The van der Waals surface area contributed by atoms with Gasteiger partial charge in [-0.15, -0.1) is 0 Å². The lowest BCUT2D eigenvalue weighted by molar-refractivity contribution is 0.179. The average Bonchev–Trinajstić information content (AvgIpc) is 2.69. The number of ether oxygens (including phenoxy) is 1. The summed E-state index contributed by atoms with van der Waals surface area (Å²) in [7, 11) is 0. The molecule has 1 aliphatic heterocycles. The van der Waals surface area contributed by atoms with E-state index in [2.05, 4.69) is 32.9 Å².